The minimum atomic E-state index is -3.63. The van der Waals surface area contributed by atoms with E-state index < -0.39 is 10.0 Å². The Bertz CT molecular complexity index is 660. The lowest BCUT2D eigenvalue weighted by molar-refractivity contribution is 0.174. The van der Waals surface area contributed by atoms with Crippen LogP contribution in [0, 0.1) is 12.8 Å². The zero-order chi connectivity index (χ0) is 15.7. The van der Waals surface area contributed by atoms with E-state index in [2.05, 4.69) is 4.72 Å². The molecule has 1 saturated carbocycles. The number of fused-ring (bicyclic) bond motifs is 1. The van der Waals surface area contributed by atoms with Gasteiger partial charge in [-0.3, -0.25) is 0 Å². The van der Waals surface area contributed by atoms with Crippen LogP contribution in [0.4, 0.5) is 0 Å². The fourth-order valence-corrected chi connectivity index (χ4v) is 4.83. The van der Waals surface area contributed by atoms with Gasteiger partial charge in [0.15, 0.2) is 11.5 Å². The van der Waals surface area contributed by atoms with Crippen molar-refractivity contribution in [2.75, 3.05) is 13.3 Å². The maximum Gasteiger partial charge on any atom is 0.241 e. The van der Waals surface area contributed by atoms with E-state index >= 15 is 0 Å². The molecule has 6 nitrogen and oxygen atoms in total. The van der Waals surface area contributed by atoms with E-state index in [0.717, 1.165) is 25.7 Å². The number of rotatable bonds is 5. The van der Waals surface area contributed by atoms with Crippen molar-refractivity contribution < 1.29 is 17.9 Å². The minimum absolute atomic E-state index is 0. The largest absolute Gasteiger partial charge is 0.454 e. The average molecular weight is 363 g/mol. The Morgan fingerprint density at radius 1 is 1.26 bits per heavy atom. The molecule has 1 aromatic rings. The predicted octanol–water partition coefficient (Wildman–Crippen LogP) is 1.94. The van der Waals surface area contributed by atoms with Crippen LogP contribution in [0.1, 0.15) is 31.2 Å². The first kappa shape index (κ1) is 18.3. The Hall–Kier alpha value is -1.02. The standard InChI is InChI=1S/C15H22N2O4S.ClH/c1-10-6-13-14(21-9-20-13)7-15(10)22(18,19)17-12(8-16)11-4-2-3-5-11;/h6-7,11-12,17H,2-5,8-9,16H2,1H3;1H. The van der Waals surface area contributed by atoms with Crippen LogP contribution in [0.25, 0.3) is 0 Å². The normalized spacial score (nSPS) is 18.7. The van der Waals surface area contributed by atoms with Gasteiger partial charge in [-0.25, -0.2) is 13.1 Å². The zero-order valence-electron chi connectivity index (χ0n) is 13.1. The Kier molecular flexibility index (Phi) is 5.78. The summed E-state index contributed by atoms with van der Waals surface area (Å²) in [7, 11) is -3.63. The highest BCUT2D eigenvalue weighted by Gasteiger charge is 2.30. The lowest BCUT2D eigenvalue weighted by Gasteiger charge is -2.23. The maximum atomic E-state index is 12.7. The molecule has 0 aromatic heterocycles. The van der Waals surface area contributed by atoms with Gasteiger partial charge in [-0.2, -0.15) is 0 Å². The first-order valence-corrected chi connectivity index (χ1v) is 9.12. The van der Waals surface area contributed by atoms with Crippen molar-refractivity contribution in [2.24, 2.45) is 11.7 Å². The summed E-state index contributed by atoms with van der Waals surface area (Å²) in [5.41, 5.74) is 6.43. The van der Waals surface area contributed by atoms with Gasteiger partial charge in [0.25, 0.3) is 0 Å². The first-order chi connectivity index (χ1) is 10.5. The van der Waals surface area contributed by atoms with E-state index in [0.29, 0.717) is 29.5 Å². The van der Waals surface area contributed by atoms with Crippen molar-refractivity contribution in [3.8, 4) is 11.5 Å². The molecule has 8 heteroatoms. The molecule has 1 aliphatic heterocycles. The van der Waals surface area contributed by atoms with Crippen LogP contribution in [-0.2, 0) is 10.0 Å². The van der Waals surface area contributed by atoms with Crippen LogP contribution in [0.2, 0.25) is 0 Å². The van der Waals surface area contributed by atoms with Gasteiger partial charge in [0, 0.05) is 18.7 Å². The molecule has 0 spiro atoms. The van der Waals surface area contributed by atoms with Gasteiger partial charge >= 0.3 is 0 Å². The van der Waals surface area contributed by atoms with Crippen molar-refractivity contribution in [2.45, 2.75) is 43.5 Å². The summed E-state index contributed by atoms with van der Waals surface area (Å²) < 4.78 is 38.8. The van der Waals surface area contributed by atoms with Crippen LogP contribution in [-0.4, -0.2) is 27.8 Å². The lowest BCUT2D eigenvalue weighted by Crippen LogP contribution is -2.44. The number of aryl methyl sites for hydroxylation is 1. The van der Waals surface area contributed by atoms with Crippen molar-refractivity contribution in [1.29, 1.82) is 0 Å². The molecule has 1 aromatic carbocycles. The molecule has 130 valence electrons. The quantitative estimate of drug-likeness (QED) is 0.835. The number of hydrogen-bond donors (Lipinski definition) is 2. The van der Waals surface area contributed by atoms with Crippen LogP contribution >= 0.6 is 12.4 Å². The molecule has 1 unspecified atom stereocenters. The van der Waals surface area contributed by atoms with Gasteiger partial charge in [-0.05, 0) is 37.3 Å². The Morgan fingerprint density at radius 3 is 2.48 bits per heavy atom. The Labute approximate surface area is 143 Å². The minimum Gasteiger partial charge on any atom is -0.454 e. The Balaban J connectivity index is 0.00000192. The highest BCUT2D eigenvalue weighted by molar-refractivity contribution is 7.89. The van der Waals surface area contributed by atoms with Crippen molar-refractivity contribution in [3.63, 3.8) is 0 Å². The Morgan fingerprint density at radius 2 is 1.87 bits per heavy atom. The van der Waals surface area contributed by atoms with Gasteiger partial charge < -0.3 is 15.2 Å². The predicted molar refractivity (Wildman–Crippen MR) is 89.7 cm³/mol. The fraction of sp³-hybridized carbons (Fsp3) is 0.600. The van der Waals surface area contributed by atoms with E-state index in [1.165, 1.54) is 6.07 Å². The first-order valence-electron chi connectivity index (χ1n) is 7.64. The van der Waals surface area contributed by atoms with E-state index in [9.17, 15) is 8.42 Å². The van der Waals surface area contributed by atoms with Crippen LogP contribution in [0.15, 0.2) is 17.0 Å². The molecule has 0 bridgehead atoms. The summed E-state index contributed by atoms with van der Waals surface area (Å²) in [6.45, 7) is 2.19. The molecule has 0 amide bonds. The molecule has 3 N–H and O–H groups in total. The number of nitrogens with one attached hydrogen (secondary N) is 1. The lowest BCUT2D eigenvalue weighted by atomic mass is 9.99. The summed E-state index contributed by atoms with van der Waals surface area (Å²) in [4.78, 5) is 0.230. The van der Waals surface area contributed by atoms with Crippen molar-refractivity contribution in [3.05, 3.63) is 17.7 Å². The van der Waals surface area contributed by atoms with E-state index in [1.54, 1.807) is 13.0 Å². The summed E-state index contributed by atoms with van der Waals surface area (Å²) in [6, 6.07) is 3.02. The summed E-state index contributed by atoms with van der Waals surface area (Å²) in [6.07, 6.45) is 4.35. The number of sulfonamides is 1. The van der Waals surface area contributed by atoms with Gasteiger partial charge in [-0.15, -0.1) is 12.4 Å². The molecule has 1 atom stereocenters. The molecule has 0 saturated heterocycles. The maximum absolute atomic E-state index is 12.7. The molecule has 1 heterocycles. The molecule has 1 aliphatic carbocycles. The van der Waals surface area contributed by atoms with Crippen LogP contribution < -0.4 is 19.9 Å². The summed E-state index contributed by atoms with van der Waals surface area (Å²) in [5, 5.41) is 0. The second-order valence-electron chi connectivity index (χ2n) is 5.98. The van der Waals surface area contributed by atoms with Gasteiger partial charge in [-0.1, -0.05) is 12.8 Å². The molecule has 1 fully saturated rings. The number of halogens is 1. The second-order valence-corrected chi connectivity index (χ2v) is 7.66. The third-order valence-corrected chi connectivity index (χ3v) is 6.12. The van der Waals surface area contributed by atoms with Crippen molar-refractivity contribution in [1.82, 2.24) is 4.72 Å². The van der Waals surface area contributed by atoms with Crippen LogP contribution in [0.3, 0.4) is 0 Å². The zero-order valence-corrected chi connectivity index (χ0v) is 14.7. The average Bonchev–Trinajstić information content (AvgIpc) is 3.14. The molecular weight excluding hydrogens is 340 g/mol. The molecule has 0 radical (unpaired) electrons. The topological polar surface area (TPSA) is 90.7 Å². The third kappa shape index (κ3) is 3.74. The number of benzene rings is 1. The van der Waals surface area contributed by atoms with E-state index in [-0.39, 0.29) is 30.1 Å². The van der Waals surface area contributed by atoms with Crippen LogP contribution in [0.5, 0.6) is 11.5 Å². The number of hydrogen-bond acceptors (Lipinski definition) is 5. The molecular formula is C15H23ClN2O4S. The molecule has 23 heavy (non-hydrogen) atoms. The smallest absolute Gasteiger partial charge is 0.241 e. The molecule has 3 rings (SSSR count). The molecule has 2 aliphatic rings. The van der Waals surface area contributed by atoms with Gasteiger partial charge in [0.2, 0.25) is 16.8 Å². The summed E-state index contributed by atoms with van der Waals surface area (Å²) >= 11 is 0. The monoisotopic (exact) mass is 362 g/mol. The SMILES string of the molecule is Cc1cc2c(cc1S(=O)(=O)NC(CN)C1CCCC1)OCO2.Cl. The highest BCUT2D eigenvalue weighted by atomic mass is 35.5. The highest BCUT2D eigenvalue weighted by Crippen LogP contribution is 2.36. The van der Waals surface area contributed by atoms with Crippen molar-refractivity contribution >= 4 is 22.4 Å². The van der Waals surface area contributed by atoms with Gasteiger partial charge in [0.1, 0.15) is 0 Å². The van der Waals surface area contributed by atoms with E-state index in [1.807, 2.05) is 0 Å². The third-order valence-electron chi connectivity index (χ3n) is 4.49. The number of ether oxygens (including phenoxy) is 2. The second kappa shape index (κ2) is 7.25. The van der Waals surface area contributed by atoms with E-state index in [4.69, 9.17) is 15.2 Å². The fourth-order valence-electron chi connectivity index (χ4n) is 3.27. The summed E-state index contributed by atoms with van der Waals surface area (Å²) in [5.74, 6) is 1.38. The van der Waals surface area contributed by atoms with Gasteiger partial charge in [0.05, 0.1) is 4.90 Å². The number of nitrogens with two attached hydrogens (primary N) is 1.